The molecule has 1 unspecified atom stereocenters. The quantitative estimate of drug-likeness (QED) is 0.865. The van der Waals surface area contributed by atoms with E-state index in [1.807, 2.05) is 0 Å². The van der Waals surface area contributed by atoms with Gasteiger partial charge in [0.25, 0.3) is 5.91 Å². The van der Waals surface area contributed by atoms with E-state index in [1.165, 1.54) is 24.3 Å². The first-order valence-corrected chi connectivity index (χ1v) is 8.86. The molecule has 0 aromatic carbocycles. The van der Waals surface area contributed by atoms with Crippen LogP contribution in [0.25, 0.3) is 0 Å². The fourth-order valence-corrected chi connectivity index (χ4v) is 3.70. The van der Waals surface area contributed by atoms with Gasteiger partial charge in [0.05, 0.1) is 7.11 Å². The number of nitrogens with zero attached hydrogens (tertiary/aromatic N) is 1. The molecule has 3 heterocycles. The lowest BCUT2D eigenvalue weighted by Gasteiger charge is -2.32. The maximum Gasteiger partial charge on any atom is 0.268 e. The molecule has 24 heavy (non-hydrogen) atoms. The molecular weight excluding hydrogens is 326 g/mol. The molecular formula is C17H21N3O3S. The number of ether oxygens (including phenoxy) is 1. The molecule has 2 N–H and O–H groups in total. The van der Waals surface area contributed by atoms with Gasteiger partial charge in [0.1, 0.15) is 5.69 Å². The van der Waals surface area contributed by atoms with E-state index in [2.05, 4.69) is 32.7 Å². The minimum Gasteiger partial charge on any atom is -0.491 e. The van der Waals surface area contributed by atoms with Crippen molar-refractivity contribution in [2.75, 3.05) is 20.2 Å². The van der Waals surface area contributed by atoms with Gasteiger partial charge in [-0.05, 0) is 30.8 Å². The Bertz CT molecular complexity index is 742. The van der Waals surface area contributed by atoms with Crippen LogP contribution in [0.2, 0.25) is 0 Å². The van der Waals surface area contributed by atoms with Crippen LogP contribution in [0.15, 0.2) is 34.6 Å². The van der Waals surface area contributed by atoms with Gasteiger partial charge in [-0.1, -0.05) is 6.07 Å². The summed E-state index contributed by atoms with van der Waals surface area (Å²) in [5, 5.41) is 5.10. The third kappa shape index (κ3) is 4.04. The summed E-state index contributed by atoms with van der Waals surface area (Å²) in [6, 6.07) is 5.57. The highest BCUT2D eigenvalue weighted by Gasteiger charge is 2.22. The smallest absolute Gasteiger partial charge is 0.268 e. The number of amides is 1. The van der Waals surface area contributed by atoms with Crippen LogP contribution >= 0.6 is 11.3 Å². The number of nitrogens with one attached hydrogen (secondary N) is 2. The molecule has 1 fully saturated rings. The molecule has 0 spiro atoms. The van der Waals surface area contributed by atoms with Crippen LogP contribution in [0, 0.1) is 0 Å². The summed E-state index contributed by atoms with van der Waals surface area (Å²) in [6.07, 6.45) is 3.42. The van der Waals surface area contributed by atoms with E-state index >= 15 is 0 Å². The van der Waals surface area contributed by atoms with Gasteiger partial charge in [-0.3, -0.25) is 14.5 Å². The van der Waals surface area contributed by atoms with Gasteiger partial charge in [-0.2, -0.15) is 0 Å². The highest BCUT2D eigenvalue weighted by atomic mass is 32.1. The Kier molecular flexibility index (Phi) is 5.32. The van der Waals surface area contributed by atoms with E-state index in [4.69, 9.17) is 4.74 Å². The summed E-state index contributed by atoms with van der Waals surface area (Å²) in [6.45, 7) is 2.79. The van der Waals surface area contributed by atoms with Gasteiger partial charge in [-0.25, -0.2) is 0 Å². The molecule has 0 aliphatic carbocycles. The van der Waals surface area contributed by atoms with Crippen molar-refractivity contribution in [3.8, 4) is 5.75 Å². The van der Waals surface area contributed by atoms with Crippen molar-refractivity contribution >= 4 is 17.2 Å². The van der Waals surface area contributed by atoms with Gasteiger partial charge in [0, 0.05) is 36.3 Å². The molecule has 0 radical (unpaired) electrons. The van der Waals surface area contributed by atoms with Crippen LogP contribution < -0.4 is 15.5 Å². The van der Waals surface area contributed by atoms with Crippen LogP contribution in [0.5, 0.6) is 5.75 Å². The van der Waals surface area contributed by atoms with Crippen molar-refractivity contribution in [2.45, 2.75) is 25.4 Å². The molecule has 2 aromatic heterocycles. The highest BCUT2D eigenvalue weighted by molar-refractivity contribution is 7.09. The molecule has 6 nitrogen and oxygen atoms in total. The summed E-state index contributed by atoms with van der Waals surface area (Å²) in [5.41, 5.74) is -0.0412. The minimum absolute atomic E-state index is 0.0943. The van der Waals surface area contributed by atoms with Crippen LogP contribution in [0.4, 0.5) is 0 Å². The summed E-state index contributed by atoms with van der Waals surface area (Å²) in [4.78, 5) is 30.6. The number of aromatic nitrogens is 1. The Morgan fingerprint density at radius 2 is 2.42 bits per heavy atom. The monoisotopic (exact) mass is 347 g/mol. The first-order valence-electron chi connectivity index (χ1n) is 7.98. The number of piperidine rings is 1. The molecule has 1 saturated heterocycles. The van der Waals surface area contributed by atoms with Crippen molar-refractivity contribution in [1.82, 2.24) is 15.2 Å². The Balaban J connectivity index is 1.59. The number of likely N-dealkylation sites (tertiary alicyclic amines) is 1. The normalized spacial score (nSPS) is 18.3. The van der Waals surface area contributed by atoms with Gasteiger partial charge in [-0.15, -0.1) is 11.3 Å². The van der Waals surface area contributed by atoms with E-state index in [0.29, 0.717) is 0 Å². The molecule has 1 aliphatic heterocycles. The molecule has 0 bridgehead atoms. The van der Waals surface area contributed by atoms with E-state index < -0.39 is 0 Å². The summed E-state index contributed by atoms with van der Waals surface area (Å²) < 4.78 is 4.91. The third-order valence-electron chi connectivity index (χ3n) is 4.14. The zero-order valence-corrected chi connectivity index (χ0v) is 14.4. The predicted molar refractivity (Wildman–Crippen MR) is 93.7 cm³/mol. The van der Waals surface area contributed by atoms with Crippen LogP contribution in [0.3, 0.4) is 0 Å². The van der Waals surface area contributed by atoms with Crippen LogP contribution in [-0.2, 0) is 6.54 Å². The number of thiophene rings is 1. The van der Waals surface area contributed by atoms with Gasteiger partial charge in [0.2, 0.25) is 5.43 Å². The Morgan fingerprint density at radius 3 is 3.12 bits per heavy atom. The zero-order valence-electron chi connectivity index (χ0n) is 13.6. The maximum atomic E-state index is 12.3. The number of H-pyrrole nitrogens is 1. The molecule has 2 aromatic rings. The standard InChI is InChI=1S/C17H21N3O3S/c1-23-16-9-18-14(8-15(16)21)17(22)19-12-4-2-6-20(10-12)11-13-5-3-7-24-13/h3,5,7-9,12H,2,4,6,10-11H2,1H3,(H,18,21)(H,19,22). The SMILES string of the molecule is COc1c[nH]c(C(=O)NC2CCCN(Cc3cccs3)C2)cc1=O. The molecule has 1 atom stereocenters. The number of carbonyl (C=O) groups excluding carboxylic acids is 1. The molecule has 0 saturated carbocycles. The van der Waals surface area contributed by atoms with Crippen LogP contribution in [-0.4, -0.2) is 42.0 Å². The van der Waals surface area contributed by atoms with Crippen molar-refractivity contribution in [2.24, 2.45) is 0 Å². The molecule has 3 rings (SSSR count). The first kappa shape index (κ1) is 16.7. The topological polar surface area (TPSA) is 74.4 Å². The summed E-state index contributed by atoms with van der Waals surface area (Å²) in [7, 11) is 1.43. The number of hydrogen-bond acceptors (Lipinski definition) is 5. The number of methoxy groups -OCH3 is 1. The Labute approximate surface area is 144 Å². The number of aromatic amines is 1. The van der Waals surface area contributed by atoms with Crippen LogP contribution in [0.1, 0.15) is 28.2 Å². The fraction of sp³-hybridized carbons (Fsp3) is 0.412. The lowest BCUT2D eigenvalue weighted by atomic mass is 10.1. The van der Waals surface area contributed by atoms with Gasteiger partial charge >= 0.3 is 0 Å². The summed E-state index contributed by atoms with van der Waals surface area (Å²) in [5.74, 6) is -0.0518. The average Bonchev–Trinajstić information content (AvgIpc) is 3.08. The molecule has 128 valence electrons. The van der Waals surface area contributed by atoms with Gasteiger partial charge < -0.3 is 15.0 Å². The highest BCUT2D eigenvalue weighted by Crippen LogP contribution is 2.17. The molecule has 1 aliphatic rings. The largest absolute Gasteiger partial charge is 0.491 e. The Hall–Kier alpha value is -2.12. The maximum absolute atomic E-state index is 12.3. The lowest BCUT2D eigenvalue weighted by molar-refractivity contribution is 0.0896. The Morgan fingerprint density at radius 1 is 1.54 bits per heavy atom. The van der Waals surface area contributed by atoms with E-state index in [9.17, 15) is 9.59 Å². The molecule has 7 heteroatoms. The number of carbonyl (C=O) groups is 1. The van der Waals surface area contributed by atoms with Crippen molar-refractivity contribution < 1.29 is 9.53 Å². The van der Waals surface area contributed by atoms with Crippen molar-refractivity contribution in [3.63, 3.8) is 0 Å². The predicted octanol–water partition coefficient (Wildman–Crippen LogP) is 1.84. The minimum atomic E-state index is -0.302. The lowest BCUT2D eigenvalue weighted by Crippen LogP contribution is -2.47. The van der Waals surface area contributed by atoms with E-state index in [-0.39, 0.29) is 28.8 Å². The first-order chi connectivity index (χ1) is 11.7. The number of hydrogen-bond donors (Lipinski definition) is 2. The average molecular weight is 347 g/mol. The third-order valence-corrected chi connectivity index (χ3v) is 5.00. The molecule has 1 amide bonds. The fourth-order valence-electron chi connectivity index (χ4n) is 2.95. The van der Waals surface area contributed by atoms with Gasteiger partial charge in [0.15, 0.2) is 5.75 Å². The zero-order chi connectivity index (χ0) is 16.9. The number of pyridine rings is 1. The second-order valence-electron chi connectivity index (χ2n) is 5.91. The van der Waals surface area contributed by atoms with Crippen molar-refractivity contribution in [1.29, 1.82) is 0 Å². The second-order valence-corrected chi connectivity index (χ2v) is 6.94. The van der Waals surface area contributed by atoms with E-state index in [1.54, 1.807) is 11.3 Å². The number of rotatable bonds is 5. The summed E-state index contributed by atoms with van der Waals surface area (Å²) >= 11 is 1.75. The van der Waals surface area contributed by atoms with Crippen molar-refractivity contribution in [3.05, 3.63) is 50.6 Å². The van der Waals surface area contributed by atoms with E-state index in [0.717, 1.165) is 32.5 Å². The second kappa shape index (κ2) is 7.63.